The van der Waals surface area contributed by atoms with Gasteiger partial charge in [0.15, 0.2) is 5.11 Å². The Kier molecular flexibility index (Phi) is 5.38. The molecule has 21 heavy (non-hydrogen) atoms. The van der Waals surface area contributed by atoms with Crippen molar-refractivity contribution in [1.82, 2.24) is 10.2 Å². The van der Waals surface area contributed by atoms with Crippen LogP contribution in [0.3, 0.4) is 0 Å². The highest BCUT2D eigenvalue weighted by atomic mass is 32.1. The van der Waals surface area contributed by atoms with Crippen LogP contribution in [0.2, 0.25) is 0 Å². The molecule has 0 aromatic heterocycles. The summed E-state index contributed by atoms with van der Waals surface area (Å²) in [6.07, 6.45) is 1.55. The van der Waals surface area contributed by atoms with Gasteiger partial charge in [-0.25, -0.2) is 0 Å². The maximum Gasteiger partial charge on any atom is 0.220 e. The molecule has 0 atom stereocenters. The minimum absolute atomic E-state index is 0.00867. The third-order valence-corrected chi connectivity index (χ3v) is 4.19. The summed E-state index contributed by atoms with van der Waals surface area (Å²) in [7, 11) is 1.65. The monoisotopic (exact) mass is 307 g/mol. The van der Waals surface area contributed by atoms with Crippen molar-refractivity contribution in [2.24, 2.45) is 11.7 Å². The molecule has 1 aromatic rings. The standard InChI is InChI=1S/C15H21N3O2S/c1-20-13-4-2-11(3-5-13)10-17-15(21)18-8-6-12(7-9-18)14(16)19/h2-5,12H,6-10H2,1H3,(H2,16,19)(H,17,21). The number of hydrogen-bond donors (Lipinski definition) is 2. The fourth-order valence-corrected chi connectivity index (χ4v) is 2.65. The quantitative estimate of drug-likeness (QED) is 0.820. The average Bonchev–Trinajstić information content (AvgIpc) is 2.53. The van der Waals surface area contributed by atoms with E-state index in [1.165, 1.54) is 0 Å². The van der Waals surface area contributed by atoms with Gasteiger partial charge in [0, 0.05) is 25.6 Å². The normalized spacial score (nSPS) is 15.6. The van der Waals surface area contributed by atoms with E-state index in [1.807, 2.05) is 24.3 Å². The molecule has 0 bridgehead atoms. The second-order valence-electron chi connectivity index (χ2n) is 5.17. The molecule has 0 aliphatic carbocycles. The van der Waals surface area contributed by atoms with Gasteiger partial charge in [-0.05, 0) is 42.8 Å². The van der Waals surface area contributed by atoms with Gasteiger partial charge in [0.25, 0.3) is 0 Å². The lowest BCUT2D eigenvalue weighted by Crippen LogP contribution is -2.45. The highest BCUT2D eigenvalue weighted by Crippen LogP contribution is 2.17. The fourth-order valence-electron chi connectivity index (χ4n) is 2.40. The molecule has 114 valence electrons. The average molecular weight is 307 g/mol. The Morgan fingerprint density at radius 3 is 2.52 bits per heavy atom. The summed E-state index contributed by atoms with van der Waals surface area (Å²) in [6.45, 7) is 2.24. The van der Waals surface area contributed by atoms with E-state index in [1.54, 1.807) is 7.11 Å². The lowest BCUT2D eigenvalue weighted by atomic mass is 9.97. The van der Waals surface area contributed by atoms with Crippen molar-refractivity contribution in [3.05, 3.63) is 29.8 Å². The molecule has 0 saturated carbocycles. The minimum Gasteiger partial charge on any atom is -0.497 e. The number of piperidine rings is 1. The van der Waals surface area contributed by atoms with Crippen LogP contribution in [0, 0.1) is 5.92 Å². The first-order valence-electron chi connectivity index (χ1n) is 7.05. The van der Waals surface area contributed by atoms with Crippen LogP contribution in [0.15, 0.2) is 24.3 Å². The van der Waals surface area contributed by atoms with Crippen LogP contribution in [-0.4, -0.2) is 36.1 Å². The largest absolute Gasteiger partial charge is 0.497 e. The summed E-state index contributed by atoms with van der Waals surface area (Å²) in [5.41, 5.74) is 6.47. The van der Waals surface area contributed by atoms with E-state index in [-0.39, 0.29) is 11.8 Å². The van der Waals surface area contributed by atoms with Gasteiger partial charge in [-0.1, -0.05) is 12.1 Å². The van der Waals surface area contributed by atoms with E-state index in [9.17, 15) is 4.79 Å². The molecule has 1 fully saturated rings. The van der Waals surface area contributed by atoms with Gasteiger partial charge in [0.2, 0.25) is 5.91 Å². The number of amides is 1. The van der Waals surface area contributed by atoms with Crippen molar-refractivity contribution < 1.29 is 9.53 Å². The predicted octanol–water partition coefficient (Wildman–Crippen LogP) is 1.27. The molecular formula is C15H21N3O2S. The second-order valence-corrected chi connectivity index (χ2v) is 5.56. The Morgan fingerprint density at radius 1 is 1.38 bits per heavy atom. The predicted molar refractivity (Wildman–Crippen MR) is 85.9 cm³/mol. The number of primary amides is 1. The number of nitrogens with zero attached hydrogens (tertiary/aromatic N) is 1. The highest BCUT2D eigenvalue weighted by Gasteiger charge is 2.24. The van der Waals surface area contributed by atoms with Crippen LogP contribution in [0.25, 0.3) is 0 Å². The van der Waals surface area contributed by atoms with Gasteiger partial charge in [0.1, 0.15) is 5.75 Å². The molecule has 0 radical (unpaired) electrons. The number of carbonyl (C=O) groups is 1. The van der Waals surface area contributed by atoms with Crippen LogP contribution in [-0.2, 0) is 11.3 Å². The van der Waals surface area contributed by atoms with Crippen molar-refractivity contribution in [2.75, 3.05) is 20.2 Å². The SMILES string of the molecule is COc1ccc(CNC(=S)N2CCC(C(N)=O)CC2)cc1. The van der Waals surface area contributed by atoms with Gasteiger partial charge in [-0.2, -0.15) is 0 Å². The Hall–Kier alpha value is -1.82. The van der Waals surface area contributed by atoms with Gasteiger partial charge < -0.3 is 20.7 Å². The summed E-state index contributed by atoms with van der Waals surface area (Å²) >= 11 is 5.40. The number of benzene rings is 1. The summed E-state index contributed by atoms with van der Waals surface area (Å²) < 4.78 is 5.13. The number of carbonyl (C=O) groups excluding carboxylic acids is 1. The van der Waals surface area contributed by atoms with Crippen LogP contribution in [0.4, 0.5) is 0 Å². The maximum atomic E-state index is 11.1. The zero-order valence-electron chi connectivity index (χ0n) is 12.2. The fraction of sp³-hybridized carbons (Fsp3) is 0.467. The first kappa shape index (κ1) is 15.6. The number of hydrogen-bond acceptors (Lipinski definition) is 3. The molecule has 1 amide bonds. The lowest BCUT2D eigenvalue weighted by Gasteiger charge is -2.32. The van der Waals surface area contributed by atoms with Crippen LogP contribution < -0.4 is 15.8 Å². The number of nitrogens with two attached hydrogens (primary N) is 1. The Bertz CT molecular complexity index is 496. The second kappa shape index (κ2) is 7.26. The molecular weight excluding hydrogens is 286 g/mol. The van der Waals surface area contributed by atoms with Gasteiger partial charge in [0.05, 0.1) is 7.11 Å². The molecule has 5 nitrogen and oxygen atoms in total. The first-order valence-corrected chi connectivity index (χ1v) is 7.46. The maximum absolute atomic E-state index is 11.1. The van der Waals surface area contributed by atoms with Gasteiger partial charge >= 0.3 is 0 Å². The molecule has 2 rings (SSSR count). The van der Waals surface area contributed by atoms with Crippen molar-refractivity contribution in [1.29, 1.82) is 0 Å². The van der Waals surface area contributed by atoms with Crippen molar-refractivity contribution in [3.8, 4) is 5.75 Å². The third-order valence-electron chi connectivity index (χ3n) is 3.79. The van der Waals surface area contributed by atoms with E-state index in [4.69, 9.17) is 22.7 Å². The van der Waals surface area contributed by atoms with Crippen LogP contribution in [0.5, 0.6) is 5.75 Å². The number of methoxy groups -OCH3 is 1. The topological polar surface area (TPSA) is 67.6 Å². The number of likely N-dealkylation sites (tertiary alicyclic amines) is 1. The van der Waals surface area contributed by atoms with Crippen molar-refractivity contribution in [3.63, 3.8) is 0 Å². The zero-order chi connectivity index (χ0) is 15.2. The Balaban J connectivity index is 1.78. The van der Waals surface area contributed by atoms with Crippen LogP contribution >= 0.6 is 12.2 Å². The number of thiocarbonyl (C=S) groups is 1. The molecule has 1 aliphatic rings. The number of nitrogens with one attached hydrogen (secondary N) is 1. The first-order chi connectivity index (χ1) is 10.1. The molecule has 1 saturated heterocycles. The van der Waals surface area contributed by atoms with E-state index in [2.05, 4.69) is 10.2 Å². The number of ether oxygens (including phenoxy) is 1. The van der Waals surface area contributed by atoms with Crippen molar-refractivity contribution in [2.45, 2.75) is 19.4 Å². The number of rotatable bonds is 4. The zero-order valence-corrected chi connectivity index (χ0v) is 13.0. The van der Waals surface area contributed by atoms with E-state index in [0.717, 1.165) is 42.4 Å². The Morgan fingerprint density at radius 2 is 2.00 bits per heavy atom. The smallest absolute Gasteiger partial charge is 0.220 e. The molecule has 1 heterocycles. The third kappa shape index (κ3) is 4.32. The van der Waals surface area contributed by atoms with E-state index < -0.39 is 0 Å². The summed E-state index contributed by atoms with van der Waals surface area (Å²) in [5.74, 6) is 0.632. The van der Waals surface area contributed by atoms with Crippen molar-refractivity contribution >= 4 is 23.2 Å². The van der Waals surface area contributed by atoms with Gasteiger partial charge in [-0.3, -0.25) is 4.79 Å². The van der Waals surface area contributed by atoms with E-state index >= 15 is 0 Å². The van der Waals surface area contributed by atoms with Gasteiger partial charge in [-0.15, -0.1) is 0 Å². The molecule has 0 unspecified atom stereocenters. The molecule has 6 heteroatoms. The molecule has 3 N–H and O–H groups in total. The lowest BCUT2D eigenvalue weighted by molar-refractivity contribution is -0.122. The summed E-state index contributed by atoms with van der Waals surface area (Å²) in [4.78, 5) is 13.2. The molecule has 1 aliphatic heterocycles. The van der Waals surface area contributed by atoms with E-state index in [0.29, 0.717) is 6.54 Å². The summed E-state index contributed by atoms with van der Waals surface area (Å²) in [6, 6.07) is 7.87. The minimum atomic E-state index is -0.202. The molecule has 0 spiro atoms. The Labute approximate surface area is 130 Å². The molecule has 1 aromatic carbocycles. The van der Waals surface area contributed by atoms with Crippen LogP contribution in [0.1, 0.15) is 18.4 Å². The highest BCUT2D eigenvalue weighted by molar-refractivity contribution is 7.80. The summed E-state index contributed by atoms with van der Waals surface area (Å²) in [5, 5.41) is 3.98.